The summed E-state index contributed by atoms with van der Waals surface area (Å²) in [6, 6.07) is 0. The molecule has 0 saturated heterocycles. The van der Waals surface area contributed by atoms with E-state index < -0.39 is 18.8 Å². The first kappa shape index (κ1) is 15.2. The van der Waals surface area contributed by atoms with Gasteiger partial charge in [0.1, 0.15) is 0 Å². The molecule has 0 nitrogen and oxygen atoms in total. The van der Waals surface area contributed by atoms with Crippen LogP contribution in [0.5, 0.6) is 0 Å². The van der Waals surface area contributed by atoms with Crippen LogP contribution in [-0.2, 0) is 0 Å². The second-order valence-electron chi connectivity index (χ2n) is 3.80. The standard InChI is InChI=1S/C12H18F4/c1-4-6-10(9(3)5-2)7-8-12(15,16)11(13)14/h5,11H,2,4,6-8H2,1,3H3/b10-9-. The summed E-state index contributed by atoms with van der Waals surface area (Å²) in [5, 5.41) is 0. The zero-order valence-corrected chi connectivity index (χ0v) is 9.70. The molecule has 0 aromatic carbocycles. The molecule has 0 rings (SSSR count). The molecule has 0 aromatic heterocycles. The van der Waals surface area contributed by atoms with E-state index in [1.165, 1.54) is 0 Å². The fourth-order valence-electron chi connectivity index (χ4n) is 1.39. The summed E-state index contributed by atoms with van der Waals surface area (Å²) in [6.45, 7) is 7.23. The van der Waals surface area contributed by atoms with E-state index in [2.05, 4.69) is 6.58 Å². The van der Waals surface area contributed by atoms with E-state index in [0.717, 1.165) is 17.6 Å². The van der Waals surface area contributed by atoms with Gasteiger partial charge in [-0.3, -0.25) is 0 Å². The Morgan fingerprint density at radius 2 is 1.88 bits per heavy atom. The van der Waals surface area contributed by atoms with E-state index in [-0.39, 0.29) is 6.42 Å². The summed E-state index contributed by atoms with van der Waals surface area (Å²) in [5.41, 5.74) is 1.60. The van der Waals surface area contributed by atoms with Gasteiger partial charge < -0.3 is 0 Å². The van der Waals surface area contributed by atoms with Crippen molar-refractivity contribution in [3.63, 3.8) is 0 Å². The average molecular weight is 238 g/mol. The van der Waals surface area contributed by atoms with Crippen LogP contribution < -0.4 is 0 Å². The predicted octanol–water partition coefficient (Wildman–Crippen LogP) is 4.97. The second-order valence-corrected chi connectivity index (χ2v) is 3.80. The van der Waals surface area contributed by atoms with Gasteiger partial charge in [-0.05, 0) is 19.8 Å². The van der Waals surface area contributed by atoms with E-state index in [4.69, 9.17) is 0 Å². The van der Waals surface area contributed by atoms with E-state index in [0.29, 0.717) is 6.42 Å². The Labute approximate surface area is 94.0 Å². The van der Waals surface area contributed by atoms with E-state index in [1.807, 2.05) is 6.92 Å². The minimum Gasteiger partial charge on any atom is -0.204 e. The van der Waals surface area contributed by atoms with Crippen LogP contribution in [0.4, 0.5) is 17.6 Å². The van der Waals surface area contributed by atoms with Crippen molar-refractivity contribution in [3.8, 4) is 0 Å². The van der Waals surface area contributed by atoms with Gasteiger partial charge in [0.2, 0.25) is 0 Å². The van der Waals surface area contributed by atoms with Crippen molar-refractivity contribution >= 4 is 0 Å². The highest BCUT2D eigenvalue weighted by molar-refractivity contribution is 5.22. The third-order valence-electron chi connectivity index (χ3n) is 2.49. The van der Waals surface area contributed by atoms with Crippen molar-refractivity contribution in [1.29, 1.82) is 0 Å². The maximum Gasteiger partial charge on any atom is 0.307 e. The lowest BCUT2D eigenvalue weighted by Gasteiger charge is -2.17. The third-order valence-corrected chi connectivity index (χ3v) is 2.49. The Balaban J connectivity index is 4.51. The molecular formula is C12H18F4. The van der Waals surface area contributed by atoms with E-state index in [9.17, 15) is 17.6 Å². The Bertz CT molecular complexity index is 254. The van der Waals surface area contributed by atoms with Gasteiger partial charge in [-0.15, -0.1) is 0 Å². The fourth-order valence-corrected chi connectivity index (χ4v) is 1.39. The van der Waals surface area contributed by atoms with Gasteiger partial charge in [0.15, 0.2) is 0 Å². The molecule has 16 heavy (non-hydrogen) atoms. The molecule has 0 amide bonds. The zero-order chi connectivity index (χ0) is 12.8. The zero-order valence-electron chi connectivity index (χ0n) is 9.70. The Morgan fingerprint density at radius 1 is 1.31 bits per heavy atom. The molecule has 0 heterocycles. The third kappa shape index (κ3) is 4.81. The summed E-state index contributed by atoms with van der Waals surface area (Å²) in [7, 11) is 0. The first-order valence-electron chi connectivity index (χ1n) is 5.32. The van der Waals surface area contributed by atoms with Crippen LogP contribution in [0.2, 0.25) is 0 Å². The van der Waals surface area contributed by atoms with Crippen LogP contribution in [0.3, 0.4) is 0 Å². The summed E-state index contributed by atoms with van der Waals surface area (Å²) in [6.07, 6.45) is -1.35. The average Bonchev–Trinajstić information content (AvgIpc) is 2.22. The van der Waals surface area contributed by atoms with Crippen LogP contribution in [0.1, 0.15) is 39.5 Å². The van der Waals surface area contributed by atoms with Crippen LogP contribution in [0.15, 0.2) is 23.8 Å². The topological polar surface area (TPSA) is 0 Å². The van der Waals surface area contributed by atoms with Gasteiger partial charge in [0.05, 0.1) is 0 Å². The molecule has 0 fully saturated rings. The molecular weight excluding hydrogens is 220 g/mol. The molecule has 0 saturated carbocycles. The Hall–Kier alpha value is -0.800. The lowest BCUT2D eigenvalue weighted by Crippen LogP contribution is -2.26. The monoisotopic (exact) mass is 238 g/mol. The summed E-state index contributed by atoms with van der Waals surface area (Å²) in [5.74, 6) is -3.89. The van der Waals surface area contributed by atoms with Crippen LogP contribution in [0, 0.1) is 0 Å². The number of rotatable bonds is 7. The van der Waals surface area contributed by atoms with Gasteiger partial charge in [0.25, 0.3) is 0 Å². The lowest BCUT2D eigenvalue weighted by molar-refractivity contribution is -0.132. The SMILES string of the molecule is C=C/C(C)=C(/CCC)CCC(F)(F)C(F)F. The number of hydrogen-bond donors (Lipinski definition) is 0. The minimum atomic E-state index is -3.89. The maximum absolute atomic E-state index is 12.7. The highest BCUT2D eigenvalue weighted by atomic mass is 19.3. The van der Waals surface area contributed by atoms with Gasteiger partial charge in [0, 0.05) is 6.42 Å². The van der Waals surface area contributed by atoms with Gasteiger partial charge in [-0.25, -0.2) is 17.6 Å². The maximum atomic E-state index is 12.7. The minimum absolute atomic E-state index is 0.00301. The van der Waals surface area contributed by atoms with Crippen molar-refractivity contribution in [1.82, 2.24) is 0 Å². The smallest absolute Gasteiger partial charge is 0.204 e. The quantitative estimate of drug-likeness (QED) is 0.434. The summed E-state index contributed by atoms with van der Waals surface area (Å²) < 4.78 is 49.3. The van der Waals surface area contributed by atoms with Crippen molar-refractivity contribution < 1.29 is 17.6 Å². The molecule has 0 unspecified atom stereocenters. The van der Waals surface area contributed by atoms with Crippen molar-refractivity contribution in [3.05, 3.63) is 23.8 Å². The molecule has 0 N–H and O–H groups in total. The first-order chi connectivity index (χ1) is 7.35. The predicted molar refractivity (Wildman–Crippen MR) is 58.0 cm³/mol. The molecule has 0 radical (unpaired) electrons. The highest BCUT2D eigenvalue weighted by Gasteiger charge is 2.39. The molecule has 0 aliphatic heterocycles. The van der Waals surface area contributed by atoms with Crippen LogP contribution in [0.25, 0.3) is 0 Å². The fraction of sp³-hybridized carbons (Fsp3) is 0.667. The van der Waals surface area contributed by atoms with Crippen molar-refractivity contribution in [2.24, 2.45) is 0 Å². The molecule has 0 bridgehead atoms. The van der Waals surface area contributed by atoms with Crippen LogP contribution >= 0.6 is 0 Å². The number of alkyl halides is 4. The number of halogens is 4. The van der Waals surface area contributed by atoms with E-state index >= 15 is 0 Å². The Morgan fingerprint density at radius 3 is 2.25 bits per heavy atom. The lowest BCUT2D eigenvalue weighted by atomic mass is 9.98. The normalized spacial score (nSPS) is 13.9. The number of hydrogen-bond acceptors (Lipinski definition) is 0. The van der Waals surface area contributed by atoms with Crippen molar-refractivity contribution in [2.75, 3.05) is 0 Å². The number of allylic oxidation sites excluding steroid dienone is 3. The molecule has 0 atom stereocenters. The molecule has 0 spiro atoms. The van der Waals surface area contributed by atoms with Crippen molar-refractivity contribution in [2.45, 2.75) is 51.9 Å². The summed E-state index contributed by atoms with van der Waals surface area (Å²) >= 11 is 0. The van der Waals surface area contributed by atoms with Gasteiger partial charge in [-0.2, -0.15) is 0 Å². The first-order valence-corrected chi connectivity index (χ1v) is 5.32. The molecule has 0 aliphatic carbocycles. The van der Waals surface area contributed by atoms with Gasteiger partial charge >= 0.3 is 12.3 Å². The molecule has 0 aromatic rings. The highest BCUT2D eigenvalue weighted by Crippen LogP contribution is 2.31. The Kier molecular flexibility index (Phi) is 6.38. The molecule has 4 heteroatoms. The largest absolute Gasteiger partial charge is 0.307 e. The van der Waals surface area contributed by atoms with E-state index in [1.54, 1.807) is 13.0 Å². The van der Waals surface area contributed by atoms with Crippen LogP contribution in [-0.4, -0.2) is 12.3 Å². The molecule has 0 aliphatic rings. The molecule has 94 valence electrons. The summed E-state index contributed by atoms with van der Waals surface area (Å²) in [4.78, 5) is 0. The second kappa shape index (κ2) is 6.71. The van der Waals surface area contributed by atoms with Gasteiger partial charge in [-0.1, -0.05) is 37.1 Å².